The van der Waals surface area contributed by atoms with Gasteiger partial charge in [0.2, 0.25) is 10.0 Å². The molecule has 1 saturated heterocycles. The van der Waals surface area contributed by atoms with Gasteiger partial charge >= 0.3 is 0 Å². The average Bonchev–Trinajstić information content (AvgIpc) is 2.43. The summed E-state index contributed by atoms with van der Waals surface area (Å²) in [5.41, 5.74) is 0. The second-order valence-corrected chi connectivity index (χ2v) is 7.78. The van der Waals surface area contributed by atoms with Gasteiger partial charge in [-0.2, -0.15) is 4.31 Å². The summed E-state index contributed by atoms with van der Waals surface area (Å²) in [6, 6.07) is 1.37. The van der Waals surface area contributed by atoms with Gasteiger partial charge in [-0.25, -0.2) is 13.4 Å². The van der Waals surface area contributed by atoms with Gasteiger partial charge in [-0.15, -0.1) is 0 Å². The summed E-state index contributed by atoms with van der Waals surface area (Å²) in [6.07, 6.45) is 5.42. The van der Waals surface area contributed by atoms with Crippen LogP contribution in [0.5, 0.6) is 0 Å². The van der Waals surface area contributed by atoms with Crippen molar-refractivity contribution in [2.75, 3.05) is 13.1 Å². The van der Waals surface area contributed by atoms with Gasteiger partial charge in [-0.3, -0.25) is 0 Å². The molecular weight excluding hydrogens is 319 g/mol. The van der Waals surface area contributed by atoms with Crippen LogP contribution in [-0.4, -0.2) is 30.8 Å². The van der Waals surface area contributed by atoms with Crippen molar-refractivity contribution in [3.05, 3.63) is 22.4 Å². The maximum Gasteiger partial charge on any atom is 0.244 e. The molecule has 0 saturated carbocycles. The van der Waals surface area contributed by atoms with Gasteiger partial charge in [-0.05, 0) is 24.8 Å². The summed E-state index contributed by atoms with van der Waals surface area (Å²) in [7, 11) is -3.51. The number of pyridine rings is 1. The van der Waals surface area contributed by atoms with Gasteiger partial charge in [0.15, 0.2) is 0 Å². The zero-order chi connectivity index (χ0) is 14.8. The third kappa shape index (κ3) is 3.45. The van der Waals surface area contributed by atoms with E-state index in [0.717, 1.165) is 19.3 Å². The van der Waals surface area contributed by atoms with Crippen LogP contribution in [0.3, 0.4) is 0 Å². The predicted molar refractivity (Wildman–Crippen MR) is 80.6 cm³/mol. The minimum atomic E-state index is -3.51. The molecule has 0 spiro atoms. The molecule has 2 rings (SSSR count). The molecule has 7 heteroatoms. The lowest BCUT2D eigenvalue weighted by Crippen LogP contribution is -2.38. The van der Waals surface area contributed by atoms with Crippen LogP contribution in [0.1, 0.15) is 32.6 Å². The quantitative estimate of drug-likeness (QED) is 0.789. The number of hydrogen-bond donors (Lipinski definition) is 0. The van der Waals surface area contributed by atoms with Crippen LogP contribution in [0, 0.1) is 5.92 Å². The van der Waals surface area contributed by atoms with Crippen molar-refractivity contribution < 1.29 is 8.42 Å². The van der Waals surface area contributed by atoms with E-state index in [1.807, 2.05) is 0 Å². The number of rotatable bonds is 4. The molecule has 1 aliphatic rings. The first-order valence-corrected chi connectivity index (χ1v) is 8.96. The van der Waals surface area contributed by atoms with Crippen LogP contribution in [-0.2, 0) is 10.0 Å². The van der Waals surface area contributed by atoms with Crippen LogP contribution in [0.4, 0.5) is 0 Å². The minimum absolute atomic E-state index is 0.112. The highest BCUT2D eigenvalue weighted by Crippen LogP contribution is 2.28. The van der Waals surface area contributed by atoms with E-state index in [9.17, 15) is 8.42 Å². The molecule has 1 aromatic rings. The molecule has 0 atom stereocenters. The molecule has 0 aliphatic carbocycles. The Morgan fingerprint density at radius 3 is 2.55 bits per heavy atom. The first-order valence-electron chi connectivity index (χ1n) is 6.76. The monoisotopic (exact) mass is 336 g/mol. The summed E-state index contributed by atoms with van der Waals surface area (Å²) in [6.45, 7) is 3.28. The molecule has 112 valence electrons. The van der Waals surface area contributed by atoms with Crippen LogP contribution in [0.2, 0.25) is 10.2 Å². The van der Waals surface area contributed by atoms with Crippen molar-refractivity contribution >= 4 is 33.2 Å². The standard InChI is InChI=1S/C13H18Cl2N2O2S/c1-2-3-10-4-6-17(7-5-10)20(18,19)11-8-12(14)13(15)16-9-11/h8-10H,2-7H2,1H3. The second kappa shape index (κ2) is 6.60. The molecule has 4 nitrogen and oxygen atoms in total. The number of nitrogens with zero attached hydrogens (tertiary/aromatic N) is 2. The van der Waals surface area contributed by atoms with E-state index in [-0.39, 0.29) is 15.1 Å². The number of aromatic nitrogens is 1. The van der Waals surface area contributed by atoms with Crippen molar-refractivity contribution in [1.29, 1.82) is 0 Å². The summed E-state index contributed by atoms with van der Waals surface area (Å²) in [5, 5.41) is 0.279. The van der Waals surface area contributed by atoms with E-state index < -0.39 is 10.0 Å². The molecule has 2 heterocycles. The third-order valence-corrected chi connectivity index (χ3v) is 6.23. The van der Waals surface area contributed by atoms with E-state index in [1.54, 1.807) is 0 Å². The summed E-state index contributed by atoms with van der Waals surface area (Å²) < 4.78 is 26.5. The van der Waals surface area contributed by atoms with Crippen molar-refractivity contribution in [3.8, 4) is 0 Å². The molecular formula is C13H18Cl2N2O2S. The molecule has 0 unspecified atom stereocenters. The maximum absolute atomic E-state index is 12.5. The lowest BCUT2D eigenvalue weighted by Gasteiger charge is -2.31. The predicted octanol–water partition coefficient (Wildman–Crippen LogP) is 3.59. The van der Waals surface area contributed by atoms with Crippen molar-refractivity contribution in [3.63, 3.8) is 0 Å². The normalized spacial score (nSPS) is 18.4. The molecule has 1 fully saturated rings. The fraction of sp³-hybridized carbons (Fsp3) is 0.615. The Bertz CT molecular complexity index is 570. The summed E-state index contributed by atoms with van der Waals surface area (Å²) in [5.74, 6) is 0.637. The molecule has 1 aromatic heterocycles. The molecule has 0 amide bonds. The SMILES string of the molecule is CCCC1CCN(S(=O)(=O)c2cnc(Cl)c(Cl)c2)CC1. The van der Waals surface area contributed by atoms with Crippen LogP contribution in [0.15, 0.2) is 17.2 Å². The van der Waals surface area contributed by atoms with Crippen molar-refractivity contribution in [1.82, 2.24) is 9.29 Å². The number of halogens is 2. The molecule has 0 bridgehead atoms. The summed E-state index contributed by atoms with van der Waals surface area (Å²) in [4.78, 5) is 3.92. The first kappa shape index (κ1) is 16.0. The van der Waals surface area contributed by atoms with E-state index in [0.29, 0.717) is 19.0 Å². The Balaban J connectivity index is 2.13. The average molecular weight is 337 g/mol. The number of hydrogen-bond acceptors (Lipinski definition) is 3. The Morgan fingerprint density at radius 2 is 2.00 bits per heavy atom. The van der Waals surface area contributed by atoms with Crippen molar-refractivity contribution in [2.24, 2.45) is 5.92 Å². The van der Waals surface area contributed by atoms with Gasteiger partial charge in [0.25, 0.3) is 0 Å². The Hall–Kier alpha value is -0.360. The van der Waals surface area contributed by atoms with Crippen molar-refractivity contribution in [2.45, 2.75) is 37.5 Å². The van der Waals surface area contributed by atoms with Crippen LogP contribution < -0.4 is 0 Å². The van der Waals surface area contributed by atoms with E-state index in [2.05, 4.69) is 11.9 Å². The molecule has 0 aromatic carbocycles. The number of sulfonamides is 1. The van der Waals surface area contributed by atoms with E-state index in [4.69, 9.17) is 23.2 Å². The molecule has 1 aliphatic heterocycles. The van der Waals surface area contributed by atoms with Gasteiger partial charge < -0.3 is 0 Å². The fourth-order valence-electron chi connectivity index (χ4n) is 2.54. The zero-order valence-corrected chi connectivity index (χ0v) is 13.7. The Morgan fingerprint density at radius 1 is 1.35 bits per heavy atom. The Labute approximate surface area is 130 Å². The van der Waals surface area contributed by atoms with Gasteiger partial charge in [0.1, 0.15) is 10.0 Å². The lowest BCUT2D eigenvalue weighted by molar-refractivity contribution is 0.262. The molecule has 0 radical (unpaired) electrons. The highest BCUT2D eigenvalue weighted by atomic mass is 35.5. The van der Waals surface area contributed by atoms with E-state index in [1.165, 1.54) is 23.0 Å². The topological polar surface area (TPSA) is 50.3 Å². The second-order valence-electron chi connectivity index (χ2n) is 5.08. The summed E-state index contributed by atoms with van der Waals surface area (Å²) >= 11 is 11.6. The smallest absolute Gasteiger partial charge is 0.242 e. The number of piperidine rings is 1. The zero-order valence-electron chi connectivity index (χ0n) is 11.3. The minimum Gasteiger partial charge on any atom is -0.242 e. The van der Waals surface area contributed by atoms with Crippen LogP contribution in [0.25, 0.3) is 0 Å². The largest absolute Gasteiger partial charge is 0.244 e. The maximum atomic E-state index is 12.5. The van der Waals surface area contributed by atoms with Gasteiger partial charge in [0, 0.05) is 19.3 Å². The highest BCUT2D eigenvalue weighted by Gasteiger charge is 2.29. The highest BCUT2D eigenvalue weighted by molar-refractivity contribution is 7.89. The fourth-order valence-corrected chi connectivity index (χ4v) is 4.32. The lowest BCUT2D eigenvalue weighted by atomic mass is 9.94. The third-order valence-electron chi connectivity index (χ3n) is 3.68. The Kier molecular flexibility index (Phi) is 5.29. The first-order chi connectivity index (χ1) is 9.45. The molecule has 20 heavy (non-hydrogen) atoms. The van der Waals surface area contributed by atoms with Gasteiger partial charge in [-0.1, -0.05) is 43.0 Å². The molecule has 0 N–H and O–H groups in total. The van der Waals surface area contributed by atoms with E-state index >= 15 is 0 Å². The van der Waals surface area contributed by atoms with Gasteiger partial charge in [0.05, 0.1) is 5.02 Å². The van der Waals surface area contributed by atoms with Crippen LogP contribution >= 0.6 is 23.2 Å².